The number of ether oxygens (including phenoxy) is 1. The molecule has 0 radical (unpaired) electrons. The summed E-state index contributed by atoms with van der Waals surface area (Å²) < 4.78 is 5.78. The van der Waals surface area contributed by atoms with Gasteiger partial charge in [0.15, 0.2) is 0 Å². The highest BCUT2D eigenvalue weighted by Gasteiger charge is 2.20. The molecule has 0 amide bonds. The number of benzene rings is 2. The lowest BCUT2D eigenvalue weighted by molar-refractivity contribution is -0.140. The van der Waals surface area contributed by atoms with Gasteiger partial charge < -0.3 is 15.2 Å². The van der Waals surface area contributed by atoms with Gasteiger partial charge >= 0.3 is 5.97 Å². The topological polar surface area (TPSA) is 58.6 Å². The van der Waals surface area contributed by atoms with Crippen LogP contribution in [0.3, 0.4) is 0 Å². The summed E-state index contributed by atoms with van der Waals surface area (Å²) >= 11 is 12.0. The second-order valence-corrected chi connectivity index (χ2v) is 6.96. The van der Waals surface area contributed by atoms with Gasteiger partial charge in [0, 0.05) is 22.2 Å². The fourth-order valence-corrected chi connectivity index (χ4v) is 2.84. The summed E-state index contributed by atoms with van der Waals surface area (Å²) in [5.74, 6) is -0.148. The van der Waals surface area contributed by atoms with E-state index in [1.54, 1.807) is 12.1 Å². The number of carboxylic acids is 1. The third-order valence-corrected chi connectivity index (χ3v) is 4.35. The summed E-state index contributed by atoms with van der Waals surface area (Å²) in [5, 5.41) is 13.4. The molecule has 0 aromatic heterocycles. The molecule has 0 heterocycles. The zero-order chi connectivity index (χ0) is 18.4. The minimum absolute atomic E-state index is 0.00368. The first kappa shape index (κ1) is 19.6. The van der Waals surface area contributed by atoms with Crippen LogP contribution < -0.4 is 10.1 Å². The highest BCUT2D eigenvalue weighted by atomic mass is 35.5. The summed E-state index contributed by atoms with van der Waals surface area (Å²) in [6.45, 7) is 4.53. The van der Waals surface area contributed by atoms with E-state index in [9.17, 15) is 9.90 Å². The minimum atomic E-state index is -0.847. The molecule has 0 aliphatic heterocycles. The van der Waals surface area contributed by atoms with Crippen molar-refractivity contribution in [3.63, 3.8) is 0 Å². The first-order chi connectivity index (χ1) is 11.9. The number of aliphatic carboxylic acids is 1. The Hall–Kier alpha value is -1.75. The number of carboxylic acid groups (broad SMARTS) is 1. The summed E-state index contributed by atoms with van der Waals surface area (Å²) in [7, 11) is 0. The van der Waals surface area contributed by atoms with Crippen LogP contribution in [0.4, 0.5) is 0 Å². The predicted molar refractivity (Wildman–Crippen MR) is 100 cm³/mol. The van der Waals surface area contributed by atoms with Crippen LogP contribution >= 0.6 is 23.2 Å². The molecule has 2 N–H and O–H groups in total. The Morgan fingerprint density at radius 3 is 2.60 bits per heavy atom. The number of nitrogens with one attached hydrogen (secondary N) is 1. The first-order valence-corrected chi connectivity index (χ1v) is 8.74. The minimum Gasteiger partial charge on any atom is -0.489 e. The predicted octanol–water partition coefficient (Wildman–Crippen LogP) is 4.77. The van der Waals surface area contributed by atoms with Gasteiger partial charge in [0.05, 0.1) is 0 Å². The summed E-state index contributed by atoms with van der Waals surface area (Å²) in [5.41, 5.74) is 1.80. The van der Waals surface area contributed by atoms with E-state index in [-0.39, 0.29) is 5.92 Å². The second-order valence-electron chi connectivity index (χ2n) is 6.11. The van der Waals surface area contributed by atoms with E-state index in [2.05, 4.69) is 5.32 Å². The maximum Gasteiger partial charge on any atom is 0.320 e. The van der Waals surface area contributed by atoms with Crippen molar-refractivity contribution < 1.29 is 14.6 Å². The average molecular weight is 382 g/mol. The Balaban J connectivity index is 1.97. The van der Waals surface area contributed by atoms with E-state index >= 15 is 0 Å². The lowest BCUT2D eigenvalue weighted by Gasteiger charge is -2.18. The van der Waals surface area contributed by atoms with Crippen LogP contribution in [-0.2, 0) is 17.9 Å². The van der Waals surface area contributed by atoms with Crippen LogP contribution in [0.15, 0.2) is 42.5 Å². The molecule has 4 nitrogen and oxygen atoms in total. The molecule has 2 aromatic rings. The Kier molecular flexibility index (Phi) is 7.12. The fraction of sp³-hybridized carbons (Fsp3) is 0.316. The molecule has 0 saturated heterocycles. The number of hydrogen-bond donors (Lipinski definition) is 2. The zero-order valence-electron chi connectivity index (χ0n) is 14.1. The Bertz CT molecular complexity index is 734. The van der Waals surface area contributed by atoms with Gasteiger partial charge in [-0.05, 0) is 35.7 Å². The monoisotopic (exact) mass is 381 g/mol. The van der Waals surface area contributed by atoms with Gasteiger partial charge in [-0.15, -0.1) is 0 Å². The van der Waals surface area contributed by atoms with Crippen molar-refractivity contribution in [1.82, 2.24) is 5.32 Å². The van der Waals surface area contributed by atoms with Crippen molar-refractivity contribution in [2.45, 2.75) is 33.0 Å². The smallest absolute Gasteiger partial charge is 0.320 e. The van der Waals surface area contributed by atoms with E-state index in [1.807, 2.05) is 44.2 Å². The number of carbonyl (C=O) groups is 1. The molecule has 1 atom stereocenters. The summed E-state index contributed by atoms with van der Waals surface area (Å²) in [6.07, 6.45) is 0. The molecule has 1 unspecified atom stereocenters. The second kappa shape index (κ2) is 9.09. The Morgan fingerprint density at radius 2 is 1.96 bits per heavy atom. The molecule has 0 fully saturated rings. The molecule has 0 aliphatic carbocycles. The van der Waals surface area contributed by atoms with Crippen molar-refractivity contribution >= 4 is 29.2 Å². The van der Waals surface area contributed by atoms with Crippen molar-refractivity contribution in [3.8, 4) is 5.75 Å². The lowest BCUT2D eigenvalue weighted by atomic mass is 10.0. The molecule has 0 saturated carbocycles. The van der Waals surface area contributed by atoms with Crippen molar-refractivity contribution in [2.24, 2.45) is 5.92 Å². The van der Waals surface area contributed by atoms with E-state index in [0.29, 0.717) is 28.9 Å². The Morgan fingerprint density at radius 1 is 1.20 bits per heavy atom. The third kappa shape index (κ3) is 5.92. The summed E-state index contributed by atoms with van der Waals surface area (Å²) in [6, 6.07) is 12.2. The lowest BCUT2D eigenvalue weighted by Crippen LogP contribution is -2.40. The highest BCUT2D eigenvalue weighted by Crippen LogP contribution is 2.23. The van der Waals surface area contributed by atoms with Crippen molar-refractivity contribution in [3.05, 3.63) is 63.6 Å². The largest absolute Gasteiger partial charge is 0.489 e. The van der Waals surface area contributed by atoms with Gasteiger partial charge in [-0.1, -0.05) is 55.2 Å². The normalized spacial score (nSPS) is 12.2. The molecular weight excluding hydrogens is 361 g/mol. The molecule has 0 aliphatic rings. The fourth-order valence-electron chi connectivity index (χ4n) is 2.38. The zero-order valence-corrected chi connectivity index (χ0v) is 15.6. The standard InChI is InChI=1S/C19H21Cl2NO3/c1-12(2)18(19(23)24)22-10-13-4-3-5-16(8-13)25-11-14-6-7-15(20)9-17(14)21/h3-9,12,18,22H,10-11H2,1-2H3,(H,23,24). The van der Waals surface area contributed by atoms with Crippen molar-refractivity contribution in [2.75, 3.05) is 0 Å². The molecule has 0 spiro atoms. The first-order valence-electron chi connectivity index (χ1n) is 7.98. The number of hydrogen-bond acceptors (Lipinski definition) is 3. The molecule has 6 heteroatoms. The quantitative estimate of drug-likeness (QED) is 0.691. The van der Waals surface area contributed by atoms with Gasteiger partial charge in [-0.2, -0.15) is 0 Å². The van der Waals surface area contributed by atoms with Gasteiger partial charge in [0.1, 0.15) is 18.4 Å². The third-order valence-electron chi connectivity index (χ3n) is 3.77. The Labute approximate surface area is 157 Å². The number of halogens is 2. The van der Waals surface area contributed by atoms with Crippen LogP contribution in [0.1, 0.15) is 25.0 Å². The van der Waals surface area contributed by atoms with Gasteiger partial charge in [0.25, 0.3) is 0 Å². The molecule has 134 valence electrons. The van der Waals surface area contributed by atoms with E-state index in [1.165, 1.54) is 0 Å². The van der Waals surface area contributed by atoms with Crippen LogP contribution in [0.5, 0.6) is 5.75 Å². The van der Waals surface area contributed by atoms with E-state index in [4.69, 9.17) is 27.9 Å². The highest BCUT2D eigenvalue weighted by molar-refractivity contribution is 6.35. The maximum absolute atomic E-state index is 11.2. The SMILES string of the molecule is CC(C)C(NCc1cccc(OCc2ccc(Cl)cc2Cl)c1)C(=O)O. The van der Waals surface area contributed by atoms with Crippen molar-refractivity contribution in [1.29, 1.82) is 0 Å². The van der Waals surface area contributed by atoms with Crippen LogP contribution in [0.2, 0.25) is 10.0 Å². The van der Waals surface area contributed by atoms with Gasteiger partial charge in [0.2, 0.25) is 0 Å². The average Bonchev–Trinajstić information content (AvgIpc) is 2.54. The van der Waals surface area contributed by atoms with Crippen LogP contribution in [0, 0.1) is 5.92 Å². The van der Waals surface area contributed by atoms with Gasteiger partial charge in [-0.25, -0.2) is 0 Å². The number of rotatable bonds is 8. The molecular formula is C19H21Cl2NO3. The molecule has 25 heavy (non-hydrogen) atoms. The van der Waals surface area contributed by atoms with E-state index < -0.39 is 12.0 Å². The van der Waals surface area contributed by atoms with Crippen LogP contribution in [0.25, 0.3) is 0 Å². The molecule has 0 bridgehead atoms. The summed E-state index contributed by atoms with van der Waals surface area (Å²) in [4.78, 5) is 11.2. The van der Waals surface area contributed by atoms with Crippen LogP contribution in [-0.4, -0.2) is 17.1 Å². The van der Waals surface area contributed by atoms with E-state index in [0.717, 1.165) is 11.1 Å². The molecule has 2 rings (SSSR count). The maximum atomic E-state index is 11.2. The molecule has 2 aromatic carbocycles. The van der Waals surface area contributed by atoms with Gasteiger partial charge in [-0.3, -0.25) is 4.79 Å².